The van der Waals surface area contributed by atoms with Crippen LogP contribution in [0.5, 0.6) is 0 Å². The lowest BCUT2D eigenvalue weighted by Crippen LogP contribution is -2.54. The Morgan fingerprint density at radius 2 is 1.93 bits per heavy atom. The third kappa shape index (κ3) is 5.16. The van der Waals surface area contributed by atoms with Crippen molar-refractivity contribution in [1.29, 1.82) is 0 Å². The van der Waals surface area contributed by atoms with Gasteiger partial charge in [-0.3, -0.25) is 4.79 Å². The second-order valence-corrected chi connectivity index (χ2v) is 9.46. The third-order valence-corrected chi connectivity index (χ3v) is 7.21. The summed E-state index contributed by atoms with van der Waals surface area (Å²) in [4.78, 5) is 21.9. The molecule has 5 nitrogen and oxygen atoms in total. The van der Waals surface area contributed by atoms with Crippen molar-refractivity contribution in [1.82, 2.24) is 14.3 Å². The number of carbonyl (C=O) groups excluding carboxylic acids is 1. The van der Waals surface area contributed by atoms with Gasteiger partial charge in [-0.25, -0.2) is 4.98 Å². The van der Waals surface area contributed by atoms with Crippen molar-refractivity contribution in [3.8, 4) is 0 Å². The minimum absolute atomic E-state index is 0.226. The van der Waals surface area contributed by atoms with Crippen molar-refractivity contribution in [3.05, 3.63) is 41.2 Å². The fourth-order valence-electron chi connectivity index (χ4n) is 4.61. The first-order chi connectivity index (χ1) is 14.1. The lowest BCUT2D eigenvalue weighted by molar-refractivity contribution is -0.133. The second kappa shape index (κ2) is 9.24. The van der Waals surface area contributed by atoms with Crippen molar-refractivity contribution >= 4 is 22.6 Å². The molecule has 1 saturated carbocycles. The van der Waals surface area contributed by atoms with Gasteiger partial charge in [-0.15, -0.1) is 0 Å². The van der Waals surface area contributed by atoms with Crippen molar-refractivity contribution < 1.29 is 4.79 Å². The van der Waals surface area contributed by atoms with E-state index in [0.717, 1.165) is 49.3 Å². The first-order valence-electron chi connectivity index (χ1n) is 11.0. The molecule has 2 heterocycles. The van der Waals surface area contributed by atoms with Crippen molar-refractivity contribution in [2.45, 2.75) is 64.8 Å². The zero-order valence-corrected chi connectivity index (χ0v) is 18.5. The highest BCUT2D eigenvalue weighted by Gasteiger charge is 2.29. The van der Waals surface area contributed by atoms with Crippen LogP contribution in [0.1, 0.15) is 62.4 Å². The van der Waals surface area contributed by atoms with Gasteiger partial charge in [-0.1, -0.05) is 55.5 Å². The summed E-state index contributed by atoms with van der Waals surface area (Å²) in [7, 11) is 0. The molecule has 1 aliphatic carbocycles. The van der Waals surface area contributed by atoms with E-state index in [4.69, 9.17) is 4.98 Å². The van der Waals surface area contributed by atoms with Gasteiger partial charge in [0.25, 0.3) is 0 Å². The summed E-state index contributed by atoms with van der Waals surface area (Å²) in [6, 6.07) is 8.78. The Balaban J connectivity index is 1.29. The van der Waals surface area contributed by atoms with Crippen LogP contribution in [0, 0.1) is 12.8 Å². The molecule has 0 unspecified atom stereocenters. The van der Waals surface area contributed by atoms with Gasteiger partial charge in [-0.05, 0) is 31.7 Å². The summed E-state index contributed by atoms with van der Waals surface area (Å²) in [5, 5.41) is 0.983. The molecule has 0 bridgehead atoms. The van der Waals surface area contributed by atoms with Crippen LogP contribution >= 0.6 is 11.5 Å². The quantitative estimate of drug-likeness (QED) is 0.704. The number of hydrogen-bond donors (Lipinski definition) is 0. The Kier molecular flexibility index (Phi) is 6.48. The van der Waals surface area contributed by atoms with Crippen molar-refractivity contribution in [2.75, 3.05) is 24.5 Å². The zero-order chi connectivity index (χ0) is 20.2. The van der Waals surface area contributed by atoms with Gasteiger partial charge in [0.2, 0.25) is 11.0 Å². The SMILES string of the molecule is Cc1ccc(Cc2nsc(N3CCN(C(=O)CCC4CCCC4)[C@H](C)C3)n2)cc1. The number of carbonyl (C=O) groups is 1. The van der Waals surface area contributed by atoms with Gasteiger partial charge in [0, 0.05) is 50.1 Å². The summed E-state index contributed by atoms with van der Waals surface area (Å²) in [6.45, 7) is 6.74. The molecule has 2 fully saturated rings. The minimum Gasteiger partial charge on any atom is -0.343 e. The van der Waals surface area contributed by atoms with E-state index >= 15 is 0 Å². The predicted molar refractivity (Wildman–Crippen MR) is 118 cm³/mol. The second-order valence-electron chi connectivity index (χ2n) is 8.73. The average molecular weight is 413 g/mol. The molecule has 156 valence electrons. The van der Waals surface area contributed by atoms with E-state index in [9.17, 15) is 4.79 Å². The smallest absolute Gasteiger partial charge is 0.222 e. The van der Waals surface area contributed by atoms with E-state index in [0.29, 0.717) is 12.3 Å². The highest BCUT2D eigenvalue weighted by Crippen LogP contribution is 2.29. The van der Waals surface area contributed by atoms with Gasteiger partial charge in [0.05, 0.1) is 0 Å². The molecular weight excluding hydrogens is 380 g/mol. The summed E-state index contributed by atoms with van der Waals surface area (Å²) >= 11 is 1.48. The molecule has 4 rings (SSSR count). The summed E-state index contributed by atoms with van der Waals surface area (Å²) < 4.78 is 4.57. The molecule has 29 heavy (non-hydrogen) atoms. The molecule has 1 aliphatic heterocycles. The van der Waals surface area contributed by atoms with E-state index in [-0.39, 0.29) is 6.04 Å². The van der Waals surface area contributed by atoms with Crippen molar-refractivity contribution in [2.24, 2.45) is 5.92 Å². The Labute approximate surface area is 178 Å². The van der Waals surface area contributed by atoms with Gasteiger partial charge < -0.3 is 9.80 Å². The molecule has 1 amide bonds. The van der Waals surface area contributed by atoms with Crippen LogP contribution in [0.2, 0.25) is 0 Å². The number of aryl methyl sites for hydroxylation is 1. The Bertz CT molecular complexity index is 813. The lowest BCUT2D eigenvalue weighted by atomic mass is 10.0. The highest BCUT2D eigenvalue weighted by molar-refractivity contribution is 7.09. The number of nitrogens with zero attached hydrogens (tertiary/aromatic N) is 4. The number of amides is 1. The predicted octanol–water partition coefficient (Wildman–Crippen LogP) is 4.44. The van der Waals surface area contributed by atoms with E-state index in [1.54, 1.807) is 0 Å². The van der Waals surface area contributed by atoms with Gasteiger partial charge in [-0.2, -0.15) is 4.37 Å². The number of rotatable bonds is 6. The first kappa shape index (κ1) is 20.3. The Hall–Kier alpha value is -1.95. The molecule has 0 radical (unpaired) electrons. The van der Waals surface area contributed by atoms with Crippen LogP contribution in [0.15, 0.2) is 24.3 Å². The summed E-state index contributed by atoms with van der Waals surface area (Å²) in [5.74, 6) is 2.00. The van der Waals surface area contributed by atoms with Gasteiger partial charge >= 0.3 is 0 Å². The summed E-state index contributed by atoms with van der Waals surface area (Å²) in [6.07, 6.45) is 7.89. The number of aromatic nitrogens is 2. The number of anilines is 1. The van der Waals surface area contributed by atoms with E-state index in [2.05, 4.69) is 52.3 Å². The number of hydrogen-bond acceptors (Lipinski definition) is 5. The molecule has 1 aromatic carbocycles. The Morgan fingerprint density at radius 3 is 2.66 bits per heavy atom. The van der Waals surface area contributed by atoms with Crippen LogP contribution in [-0.4, -0.2) is 45.8 Å². The Morgan fingerprint density at radius 1 is 1.17 bits per heavy atom. The van der Waals surface area contributed by atoms with Crippen LogP contribution < -0.4 is 4.90 Å². The van der Waals surface area contributed by atoms with Crippen LogP contribution in [0.3, 0.4) is 0 Å². The third-order valence-electron chi connectivity index (χ3n) is 6.40. The molecule has 6 heteroatoms. The van der Waals surface area contributed by atoms with Gasteiger partial charge in [0.1, 0.15) is 5.82 Å². The van der Waals surface area contributed by atoms with Crippen LogP contribution in [0.25, 0.3) is 0 Å². The molecule has 1 saturated heterocycles. The molecule has 1 atom stereocenters. The molecular formula is C23H32N4OS. The molecule has 1 aromatic heterocycles. The summed E-state index contributed by atoms with van der Waals surface area (Å²) in [5.41, 5.74) is 2.51. The van der Waals surface area contributed by atoms with E-state index < -0.39 is 0 Å². The largest absolute Gasteiger partial charge is 0.343 e. The monoisotopic (exact) mass is 412 g/mol. The zero-order valence-electron chi connectivity index (χ0n) is 17.6. The number of piperazine rings is 1. The maximum absolute atomic E-state index is 12.7. The molecule has 0 N–H and O–H groups in total. The fraction of sp³-hybridized carbons (Fsp3) is 0.609. The van der Waals surface area contributed by atoms with Gasteiger partial charge in [0.15, 0.2) is 0 Å². The average Bonchev–Trinajstić information content (AvgIpc) is 3.40. The molecule has 2 aromatic rings. The van der Waals surface area contributed by atoms with Crippen LogP contribution in [-0.2, 0) is 11.2 Å². The lowest BCUT2D eigenvalue weighted by Gasteiger charge is -2.39. The molecule has 0 spiro atoms. The standard InChI is InChI=1S/C23H32N4OS/c1-17-7-9-20(10-8-17)15-21-24-23(29-25-21)26-13-14-27(18(2)16-26)22(28)12-11-19-5-3-4-6-19/h7-10,18-19H,3-6,11-16H2,1-2H3/t18-/m1/s1. The topological polar surface area (TPSA) is 49.3 Å². The maximum atomic E-state index is 12.7. The maximum Gasteiger partial charge on any atom is 0.222 e. The highest BCUT2D eigenvalue weighted by atomic mass is 32.1. The van der Waals surface area contributed by atoms with Crippen molar-refractivity contribution in [3.63, 3.8) is 0 Å². The molecule has 2 aliphatic rings. The van der Waals surface area contributed by atoms with E-state index in [1.165, 1.54) is 48.3 Å². The minimum atomic E-state index is 0.226. The first-order valence-corrected chi connectivity index (χ1v) is 11.8. The number of benzene rings is 1. The van der Waals surface area contributed by atoms with Crippen LogP contribution in [0.4, 0.5) is 5.13 Å². The fourth-order valence-corrected chi connectivity index (χ4v) is 5.33. The normalized spacial score (nSPS) is 20.4. The van der Waals surface area contributed by atoms with E-state index in [1.807, 2.05) is 0 Å².